The molecular formula is C90H116N10O12. The summed E-state index contributed by atoms with van der Waals surface area (Å²) < 4.78 is 16.5. The molecule has 0 aliphatic carbocycles. The number of alkyl carbamates (subject to hydrolysis) is 1. The van der Waals surface area contributed by atoms with E-state index in [-0.39, 0.29) is 55.3 Å². The maximum Gasteiger partial charge on any atom is 0.410 e. The Bertz CT molecular complexity index is 4100. The SMILES string of the molecule is C[C@@H](C(=O)N[C@@H](CCc1ccccc1)C(=O)N1CCC[C@H]1CN(CCc1ccccc1)C(=O)[C@@H](Cc1ccccc1)NC(=O)OCc1ccccc1)N(C)C(=O)OC(C)(C)C.C[C@@H](C(=O)N[C@@H](CCc1ccccc1)C(=O)N1CCC[C@H]1CN(CCc1ccccc1)C(=O)[C@H](N)Cc1ccccc1)N(C)C(=O)OC(C)(C)C. The van der Waals surface area contributed by atoms with Crippen LogP contribution in [0.3, 0.4) is 0 Å². The Kier molecular flexibility index (Phi) is 33.4. The van der Waals surface area contributed by atoms with Crippen molar-refractivity contribution < 1.29 is 57.4 Å². The number of likely N-dealkylation sites (N-methyl/N-ethyl adjacent to an activating group) is 2. The van der Waals surface area contributed by atoms with Crippen LogP contribution in [0, 0.1) is 0 Å². The molecule has 0 unspecified atom stereocenters. The molecule has 7 aromatic carbocycles. The van der Waals surface area contributed by atoms with Gasteiger partial charge in [0, 0.05) is 71.9 Å². The highest BCUT2D eigenvalue weighted by molar-refractivity contribution is 5.93. The van der Waals surface area contributed by atoms with Crippen LogP contribution in [0.25, 0.3) is 0 Å². The molecule has 112 heavy (non-hydrogen) atoms. The molecule has 0 radical (unpaired) electrons. The molecule has 8 atom stereocenters. The van der Waals surface area contributed by atoms with Crippen LogP contribution < -0.4 is 21.7 Å². The van der Waals surface area contributed by atoms with E-state index < -0.39 is 77.5 Å². The number of nitrogens with one attached hydrogen (secondary N) is 3. The third kappa shape index (κ3) is 28.2. The molecule has 7 aromatic rings. The molecule has 2 saturated heterocycles. The van der Waals surface area contributed by atoms with Gasteiger partial charge in [0.15, 0.2) is 0 Å². The van der Waals surface area contributed by atoms with Gasteiger partial charge in [-0.05, 0) is 165 Å². The van der Waals surface area contributed by atoms with Crippen LogP contribution in [0.5, 0.6) is 0 Å². The van der Waals surface area contributed by atoms with Crippen LogP contribution in [0.15, 0.2) is 212 Å². The van der Waals surface area contributed by atoms with Gasteiger partial charge in [0.1, 0.15) is 48.0 Å². The van der Waals surface area contributed by atoms with Gasteiger partial charge in [-0.1, -0.05) is 212 Å². The summed E-state index contributed by atoms with van der Waals surface area (Å²) in [6, 6.07) is 62.3. The van der Waals surface area contributed by atoms with Gasteiger partial charge in [0.25, 0.3) is 0 Å². The van der Waals surface area contributed by atoms with E-state index in [1.807, 2.05) is 222 Å². The topological polar surface area (TPSA) is 263 Å². The van der Waals surface area contributed by atoms with E-state index in [9.17, 15) is 43.2 Å². The minimum Gasteiger partial charge on any atom is -0.445 e. The van der Waals surface area contributed by atoms with Gasteiger partial charge in [0.2, 0.25) is 35.4 Å². The van der Waals surface area contributed by atoms with E-state index in [1.54, 1.807) is 65.2 Å². The van der Waals surface area contributed by atoms with Crippen molar-refractivity contribution >= 4 is 53.7 Å². The van der Waals surface area contributed by atoms with E-state index in [2.05, 4.69) is 16.0 Å². The molecule has 5 N–H and O–H groups in total. The molecule has 0 aromatic heterocycles. The normalized spacial score (nSPS) is 15.6. The lowest BCUT2D eigenvalue weighted by atomic mass is 10.0. The summed E-state index contributed by atoms with van der Waals surface area (Å²) in [7, 11) is 3.01. The van der Waals surface area contributed by atoms with Crippen molar-refractivity contribution in [3.63, 3.8) is 0 Å². The number of carbonyl (C=O) groups is 9. The van der Waals surface area contributed by atoms with Crippen molar-refractivity contribution in [3.05, 3.63) is 251 Å². The van der Waals surface area contributed by atoms with Gasteiger partial charge in [-0.15, -0.1) is 0 Å². The Morgan fingerprint density at radius 3 is 1.11 bits per heavy atom. The molecule has 2 aliphatic rings. The van der Waals surface area contributed by atoms with Gasteiger partial charge < -0.3 is 55.5 Å². The van der Waals surface area contributed by atoms with Crippen LogP contribution in [-0.2, 0) is 88.1 Å². The fraction of sp³-hybridized carbons (Fsp3) is 0.433. The van der Waals surface area contributed by atoms with Crippen molar-refractivity contribution in [3.8, 4) is 0 Å². The predicted octanol–water partition coefficient (Wildman–Crippen LogP) is 12.0. The lowest BCUT2D eigenvalue weighted by molar-refractivity contribution is -0.140. The first-order valence-corrected chi connectivity index (χ1v) is 39.3. The molecule has 0 spiro atoms. The maximum absolute atomic E-state index is 14.8. The number of carbonyl (C=O) groups excluding carboxylic acids is 9. The van der Waals surface area contributed by atoms with Crippen molar-refractivity contribution in [2.75, 3.05) is 53.4 Å². The number of rotatable bonds is 33. The first-order chi connectivity index (χ1) is 53.6. The molecule has 0 bridgehead atoms. The number of nitrogens with zero attached hydrogens (tertiary/aromatic N) is 6. The van der Waals surface area contributed by atoms with Crippen LogP contribution in [0.1, 0.15) is 133 Å². The molecule has 9 rings (SSSR count). The second kappa shape index (κ2) is 43.1. The highest BCUT2D eigenvalue weighted by Gasteiger charge is 2.41. The smallest absolute Gasteiger partial charge is 0.410 e. The molecule has 0 saturated carbocycles. The van der Waals surface area contributed by atoms with E-state index in [1.165, 1.54) is 23.9 Å². The van der Waals surface area contributed by atoms with Crippen molar-refractivity contribution in [1.82, 2.24) is 45.3 Å². The molecule has 9 amide bonds. The lowest BCUT2D eigenvalue weighted by Crippen LogP contribution is -2.57. The van der Waals surface area contributed by atoms with E-state index in [0.717, 1.165) is 51.8 Å². The first-order valence-electron chi connectivity index (χ1n) is 39.3. The summed E-state index contributed by atoms with van der Waals surface area (Å²) >= 11 is 0. The van der Waals surface area contributed by atoms with Gasteiger partial charge >= 0.3 is 18.3 Å². The summed E-state index contributed by atoms with van der Waals surface area (Å²) in [5.74, 6) is -1.82. The number of amides is 9. The Morgan fingerprint density at radius 2 is 0.750 bits per heavy atom. The zero-order valence-corrected chi connectivity index (χ0v) is 66.9. The average Bonchev–Trinajstić information content (AvgIpc) is 1.62. The molecule has 2 heterocycles. The van der Waals surface area contributed by atoms with Crippen molar-refractivity contribution in [2.45, 2.75) is 199 Å². The standard InChI is InChI=1S/C49H61N5O7.C41H55N5O5/c1-36(52(5)48(59)61-49(2,3)4)44(55)50-42(29-28-37-19-10-6-11-20-37)46(57)54-31-18-27-41(54)34-53(32-30-38-21-12-7-13-22-38)45(56)43(33-39-23-14-8-15-24-39)51-47(58)60-35-40-25-16-9-17-26-40;1-30(44(5)40(50)51-41(2,3)4)37(47)43-36(24-23-31-16-9-6-10-17-31)39(49)46-26-15-22-34(46)29-45(27-25-32-18-11-7-12-19-32)38(48)35(42)28-33-20-13-8-14-21-33/h6-17,19-26,36,41-43H,18,27-35H2,1-5H3,(H,50,55)(H,51,58);6-14,16-21,30,34-36H,15,22-29,42H2,1-5H3,(H,43,47)/t36-,41-,42-,43+;30-,34-,35+,36-/m00/s1. The number of likely N-dealkylation sites (tertiary alicyclic amines) is 2. The fourth-order valence-electron chi connectivity index (χ4n) is 13.7. The van der Waals surface area contributed by atoms with Gasteiger partial charge in [-0.3, -0.25) is 38.6 Å². The summed E-state index contributed by atoms with van der Waals surface area (Å²) in [4.78, 5) is 134. The quantitative estimate of drug-likeness (QED) is 0.0279. The molecular weight excluding hydrogens is 1410 g/mol. The molecule has 598 valence electrons. The second-order valence-electron chi connectivity index (χ2n) is 31.1. The van der Waals surface area contributed by atoms with Gasteiger partial charge in [0.05, 0.1) is 6.04 Å². The van der Waals surface area contributed by atoms with Crippen LogP contribution in [0.4, 0.5) is 14.4 Å². The lowest BCUT2D eigenvalue weighted by Gasteiger charge is -2.35. The molecule has 2 aliphatic heterocycles. The summed E-state index contributed by atoms with van der Waals surface area (Å²) in [6.45, 7) is 16.2. The second-order valence-corrected chi connectivity index (χ2v) is 31.1. The Morgan fingerprint density at radius 1 is 0.429 bits per heavy atom. The first kappa shape index (κ1) is 86.7. The Labute approximate surface area is 662 Å². The molecule has 22 heteroatoms. The third-order valence-electron chi connectivity index (χ3n) is 20.2. The minimum absolute atomic E-state index is 0.0494. The predicted molar refractivity (Wildman–Crippen MR) is 435 cm³/mol. The zero-order valence-electron chi connectivity index (χ0n) is 66.9. The van der Waals surface area contributed by atoms with Gasteiger partial charge in [-0.25, -0.2) is 14.4 Å². The number of hydrogen-bond donors (Lipinski definition) is 4. The maximum atomic E-state index is 14.8. The minimum atomic E-state index is -0.951. The number of benzene rings is 7. The number of nitrogens with two attached hydrogens (primary N) is 1. The van der Waals surface area contributed by atoms with Crippen LogP contribution in [-0.4, -0.2) is 196 Å². The Hall–Kier alpha value is -10.9. The highest BCUT2D eigenvalue weighted by Crippen LogP contribution is 2.26. The third-order valence-corrected chi connectivity index (χ3v) is 20.2. The van der Waals surface area contributed by atoms with E-state index >= 15 is 0 Å². The van der Waals surface area contributed by atoms with E-state index in [4.69, 9.17) is 19.9 Å². The molecule has 2 fully saturated rings. The number of hydrogen-bond acceptors (Lipinski definition) is 13. The fourth-order valence-corrected chi connectivity index (χ4v) is 13.7. The number of aryl methyl sites for hydroxylation is 2. The summed E-state index contributed by atoms with van der Waals surface area (Å²) in [5, 5.41) is 8.81. The summed E-state index contributed by atoms with van der Waals surface area (Å²) in [6.07, 6.45) is 4.56. The highest BCUT2D eigenvalue weighted by atomic mass is 16.6. The van der Waals surface area contributed by atoms with E-state index in [0.29, 0.717) is 90.5 Å². The van der Waals surface area contributed by atoms with Crippen LogP contribution in [0.2, 0.25) is 0 Å². The molecule has 22 nitrogen and oxygen atoms in total. The monoisotopic (exact) mass is 1530 g/mol. The zero-order chi connectivity index (χ0) is 80.7. The largest absolute Gasteiger partial charge is 0.445 e. The van der Waals surface area contributed by atoms with Gasteiger partial charge in [-0.2, -0.15) is 0 Å². The summed E-state index contributed by atoms with van der Waals surface area (Å²) in [5.41, 5.74) is 12.0. The van der Waals surface area contributed by atoms with Crippen LogP contribution >= 0.6 is 0 Å². The average molecular weight is 1530 g/mol. The Balaban J connectivity index is 0.000000286. The van der Waals surface area contributed by atoms with Crippen molar-refractivity contribution in [2.24, 2.45) is 5.73 Å². The number of ether oxygens (including phenoxy) is 3. The van der Waals surface area contributed by atoms with Crippen molar-refractivity contribution in [1.29, 1.82) is 0 Å².